The Labute approximate surface area is 200 Å². The number of hydrogen-bond acceptors (Lipinski definition) is 7. The smallest absolute Gasteiger partial charge is 0.269 e. The largest absolute Gasteiger partial charge is 0.494 e. The van der Waals surface area contributed by atoms with Crippen LogP contribution in [-0.4, -0.2) is 23.1 Å². The van der Waals surface area contributed by atoms with E-state index >= 15 is 0 Å². The fraction of sp³-hybridized carbons (Fsp3) is 0.120. The van der Waals surface area contributed by atoms with Gasteiger partial charge in [0.2, 0.25) is 0 Å². The summed E-state index contributed by atoms with van der Waals surface area (Å²) in [5.41, 5.74) is 3.22. The molecule has 1 N–H and O–H groups in total. The fourth-order valence-corrected chi connectivity index (χ4v) is 4.05. The summed E-state index contributed by atoms with van der Waals surface area (Å²) >= 11 is 1.24. The van der Waals surface area contributed by atoms with Gasteiger partial charge in [0.1, 0.15) is 23.8 Å². The number of aliphatic imine (C=N–C) groups is 1. The first-order chi connectivity index (χ1) is 16.4. The van der Waals surface area contributed by atoms with Gasteiger partial charge in [-0.05, 0) is 66.2 Å². The van der Waals surface area contributed by atoms with Crippen LogP contribution < -0.4 is 14.8 Å². The van der Waals surface area contributed by atoms with Crippen molar-refractivity contribution in [2.75, 3.05) is 7.11 Å². The molecule has 3 aromatic carbocycles. The van der Waals surface area contributed by atoms with Crippen molar-refractivity contribution >= 4 is 40.3 Å². The minimum absolute atomic E-state index is 0.0268. The van der Waals surface area contributed by atoms with Crippen molar-refractivity contribution < 1.29 is 19.2 Å². The molecule has 0 aromatic heterocycles. The maximum atomic E-state index is 12.6. The maximum Gasteiger partial charge on any atom is 0.269 e. The Morgan fingerprint density at radius 3 is 2.59 bits per heavy atom. The molecule has 0 radical (unpaired) electrons. The SMILES string of the molecule is COc1ccc(C)cc1N=C1NC(=O)/C(=C/c2ccccc2OCc2ccc([N+](=O)[O-])cc2)S1. The number of nitro groups is 1. The van der Waals surface area contributed by atoms with Crippen molar-refractivity contribution in [3.8, 4) is 11.5 Å². The quantitative estimate of drug-likeness (QED) is 0.279. The van der Waals surface area contributed by atoms with Crippen LogP contribution in [0.25, 0.3) is 6.08 Å². The Balaban J connectivity index is 1.52. The van der Waals surface area contributed by atoms with E-state index in [2.05, 4.69) is 10.3 Å². The van der Waals surface area contributed by atoms with E-state index in [1.54, 1.807) is 25.3 Å². The Morgan fingerprint density at radius 1 is 1.09 bits per heavy atom. The molecule has 34 heavy (non-hydrogen) atoms. The van der Waals surface area contributed by atoms with Gasteiger partial charge < -0.3 is 14.8 Å². The van der Waals surface area contributed by atoms with E-state index in [9.17, 15) is 14.9 Å². The average molecular weight is 476 g/mol. The van der Waals surface area contributed by atoms with Crippen LogP contribution in [0.3, 0.4) is 0 Å². The van der Waals surface area contributed by atoms with Gasteiger partial charge in [-0.1, -0.05) is 24.3 Å². The lowest BCUT2D eigenvalue weighted by Crippen LogP contribution is -2.19. The molecule has 1 fully saturated rings. The molecule has 0 unspecified atom stereocenters. The second kappa shape index (κ2) is 10.2. The molecule has 0 aliphatic carbocycles. The van der Waals surface area contributed by atoms with Crippen LogP contribution in [0.15, 0.2) is 76.6 Å². The minimum atomic E-state index is -0.441. The predicted molar refractivity (Wildman–Crippen MR) is 132 cm³/mol. The van der Waals surface area contributed by atoms with E-state index in [-0.39, 0.29) is 18.2 Å². The number of benzene rings is 3. The highest BCUT2D eigenvalue weighted by Gasteiger charge is 2.24. The number of nitrogens with zero attached hydrogens (tertiary/aromatic N) is 2. The Kier molecular flexibility index (Phi) is 6.93. The van der Waals surface area contributed by atoms with Gasteiger partial charge in [-0.3, -0.25) is 14.9 Å². The summed E-state index contributed by atoms with van der Waals surface area (Å²) in [5, 5.41) is 14.1. The summed E-state index contributed by atoms with van der Waals surface area (Å²) < 4.78 is 11.3. The molecule has 4 rings (SSSR count). The summed E-state index contributed by atoms with van der Waals surface area (Å²) in [4.78, 5) is 28.0. The Bertz CT molecular complexity index is 1300. The third-order valence-electron chi connectivity index (χ3n) is 4.95. The summed E-state index contributed by atoms with van der Waals surface area (Å²) in [5.74, 6) is 0.961. The van der Waals surface area contributed by atoms with Gasteiger partial charge in [-0.25, -0.2) is 4.99 Å². The van der Waals surface area contributed by atoms with Crippen LogP contribution in [-0.2, 0) is 11.4 Å². The number of nitro benzene ring substituents is 1. The number of thioether (sulfide) groups is 1. The van der Waals surface area contributed by atoms with Crippen molar-refractivity contribution in [2.45, 2.75) is 13.5 Å². The molecule has 0 spiro atoms. The first-order valence-corrected chi connectivity index (χ1v) is 11.1. The number of rotatable bonds is 7. The number of carbonyl (C=O) groups excluding carboxylic acids is 1. The zero-order valence-electron chi connectivity index (χ0n) is 18.5. The molecule has 1 aliphatic heterocycles. The minimum Gasteiger partial charge on any atom is -0.494 e. The number of carbonyl (C=O) groups is 1. The van der Waals surface area contributed by atoms with Gasteiger partial charge in [0.05, 0.1) is 16.9 Å². The fourth-order valence-electron chi connectivity index (χ4n) is 3.22. The number of para-hydroxylation sites is 1. The lowest BCUT2D eigenvalue weighted by molar-refractivity contribution is -0.384. The van der Waals surface area contributed by atoms with E-state index in [4.69, 9.17) is 9.47 Å². The average Bonchev–Trinajstić information content (AvgIpc) is 3.17. The highest BCUT2D eigenvalue weighted by Crippen LogP contribution is 2.34. The van der Waals surface area contributed by atoms with Crippen LogP contribution in [0.5, 0.6) is 11.5 Å². The van der Waals surface area contributed by atoms with Crippen molar-refractivity contribution in [1.29, 1.82) is 0 Å². The Morgan fingerprint density at radius 2 is 1.85 bits per heavy atom. The van der Waals surface area contributed by atoms with Crippen molar-refractivity contribution in [3.05, 3.63) is 98.4 Å². The molecule has 1 amide bonds. The van der Waals surface area contributed by atoms with Crippen LogP contribution in [0, 0.1) is 17.0 Å². The maximum absolute atomic E-state index is 12.6. The number of aryl methyl sites for hydroxylation is 1. The van der Waals surface area contributed by atoms with Gasteiger partial charge in [0.25, 0.3) is 11.6 Å². The molecular weight excluding hydrogens is 454 g/mol. The molecule has 1 heterocycles. The van der Waals surface area contributed by atoms with E-state index < -0.39 is 4.92 Å². The van der Waals surface area contributed by atoms with Crippen molar-refractivity contribution in [2.24, 2.45) is 4.99 Å². The second-order valence-electron chi connectivity index (χ2n) is 7.41. The number of methoxy groups -OCH3 is 1. The lowest BCUT2D eigenvalue weighted by atomic mass is 10.1. The molecule has 172 valence electrons. The molecule has 9 heteroatoms. The summed E-state index contributed by atoms with van der Waals surface area (Å²) in [6.45, 7) is 2.19. The van der Waals surface area contributed by atoms with Gasteiger partial charge in [-0.2, -0.15) is 0 Å². The number of nitrogens with one attached hydrogen (secondary N) is 1. The second-order valence-corrected chi connectivity index (χ2v) is 8.44. The topological polar surface area (TPSA) is 103 Å². The van der Waals surface area contributed by atoms with E-state index in [1.165, 1.54) is 23.9 Å². The zero-order valence-corrected chi connectivity index (χ0v) is 19.3. The number of ether oxygens (including phenoxy) is 2. The molecule has 1 aliphatic rings. The van der Waals surface area contributed by atoms with Crippen molar-refractivity contribution in [3.63, 3.8) is 0 Å². The van der Waals surface area contributed by atoms with Crippen LogP contribution in [0.1, 0.15) is 16.7 Å². The lowest BCUT2D eigenvalue weighted by Gasteiger charge is -2.09. The van der Waals surface area contributed by atoms with E-state index in [1.807, 2.05) is 49.4 Å². The summed E-state index contributed by atoms with van der Waals surface area (Å²) in [6, 6.07) is 19.2. The monoisotopic (exact) mass is 475 g/mol. The van der Waals surface area contributed by atoms with E-state index in [0.717, 1.165) is 16.7 Å². The third kappa shape index (κ3) is 5.44. The Hall–Kier alpha value is -4.11. The van der Waals surface area contributed by atoms with Gasteiger partial charge >= 0.3 is 0 Å². The molecular formula is C25H21N3O5S. The van der Waals surface area contributed by atoms with Crippen LogP contribution in [0.2, 0.25) is 0 Å². The normalized spacial score (nSPS) is 15.4. The van der Waals surface area contributed by atoms with Crippen molar-refractivity contribution in [1.82, 2.24) is 5.32 Å². The van der Waals surface area contributed by atoms with Gasteiger partial charge in [0, 0.05) is 17.7 Å². The molecule has 3 aromatic rings. The number of non-ortho nitro benzene ring substituents is 1. The van der Waals surface area contributed by atoms with Crippen LogP contribution >= 0.6 is 11.8 Å². The van der Waals surface area contributed by atoms with Gasteiger partial charge in [0.15, 0.2) is 5.17 Å². The number of hydrogen-bond donors (Lipinski definition) is 1. The molecule has 0 bridgehead atoms. The van der Waals surface area contributed by atoms with E-state index in [0.29, 0.717) is 27.3 Å². The van der Waals surface area contributed by atoms with Gasteiger partial charge in [-0.15, -0.1) is 0 Å². The predicted octanol–water partition coefficient (Wildman–Crippen LogP) is 5.38. The molecule has 8 nitrogen and oxygen atoms in total. The first-order valence-electron chi connectivity index (χ1n) is 10.3. The first kappa shape index (κ1) is 23.1. The number of amidine groups is 1. The molecule has 0 saturated carbocycles. The number of amides is 1. The summed E-state index contributed by atoms with van der Waals surface area (Å²) in [7, 11) is 1.58. The highest BCUT2D eigenvalue weighted by molar-refractivity contribution is 8.18. The molecule has 1 saturated heterocycles. The highest BCUT2D eigenvalue weighted by atomic mass is 32.2. The zero-order chi connectivity index (χ0) is 24.1. The third-order valence-corrected chi connectivity index (χ3v) is 5.86. The van der Waals surface area contributed by atoms with Crippen LogP contribution in [0.4, 0.5) is 11.4 Å². The molecule has 0 atom stereocenters. The standard InChI is InChI=1S/C25H21N3O5S/c1-16-7-12-22(32-2)20(13-16)26-25-27-24(29)23(34-25)14-18-5-3-4-6-21(18)33-15-17-8-10-19(11-9-17)28(30)31/h3-14H,15H2,1-2H3,(H,26,27,29)/b23-14-. The summed E-state index contributed by atoms with van der Waals surface area (Å²) in [6.07, 6.45) is 1.75.